The van der Waals surface area contributed by atoms with Crippen LogP contribution in [-0.4, -0.2) is 50.9 Å². The number of nitrogens with one attached hydrogen (secondary N) is 2. The average molecular weight is 378 g/mol. The van der Waals surface area contributed by atoms with Crippen LogP contribution in [0.4, 0.5) is 5.69 Å². The molecule has 1 aromatic rings. The number of aliphatic imine (C=N–C) groups is 1. The van der Waals surface area contributed by atoms with Gasteiger partial charge in [-0.1, -0.05) is 12.1 Å². The summed E-state index contributed by atoms with van der Waals surface area (Å²) >= 11 is 0. The van der Waals surface area contributed by atoms with Crippen LogP contribution >= 0.6 is 0 Å². The predicted molar refractivity (Wildman–Crippen MR) is 103 cm³/mol. The Balaban J connectivity index is 1.61. The molecule has 2 aliphatic heterocycles. The third-order valence-corrected chi connectivity index (χ3v) is 6.43. The van der Waals surface area contributed by atoms with E-state index < -0.39 is 9.84 Å². The molecule has 1 unspecified atom stereocenters. The Morgan fingerprint density at radius 1 is 1.31 bits per heavy atom. The minimum atomic E-state index is -2.92. The van der Waals surface area contributed by atoms with Gasteiger partial charge in [0.2, 0.25) is 5.91 Å². The first-order chi connectivity index (χ1) is 12.5. The van der Waals surface area contributed by atoms with Gasteiger partial charge in [-0.2, -0.15) is 0 Å². The molecule has 0 bridgehead atoms. The lowest BCUT2D eigenvalue weighted by Crippen LogP contribution is -2.44. The molecule has 1 amide bonds. The van der Waals surface area contributed by atoms with Gasteiger partial charge in [0.1, 0.15) is 0 Å². The van der Waals surface area contributed by atoms with Crippen LogP contribution in [0.25, 0.3) is 0 Å². The summed E-state index contributed by atoms with van der Waals surface area (Å²) in [4.78, 5) is 18.2. The zero-order valence-electron chi connectivity index (χ0n) is 15.1. The van der Waals surface area contributed by atoms with Crippen molar-refractivity contribution < 1.29 is 13.2 Å². The third kappa shape index (κ3) is 4.75. The summed E-state index contributed by atoms with van der Waals surface area (Å²) in [6.45, 7) is 3.96. The standard InChI is InChI=1S/C18H26N4O3S/c1-2-19-18(21-15-9-11-26(24,25)13-15)20-12-14-5-7-16(8-6-14)22-10-3-4-17(22)23/h5-8,15H,2-4,9-13H2,1H3,(H2,19,20,21). The summed E-state index contributed by atoms with van der Waals surface area (Å²) in [6, 6.07) is 7.79. The molecule has 0 spiro atoms. The Kier molecular flexibility index (Phi) is 5.80. The molecule has 7 nitrogen and oxygen atoms in total. The van der Waals surface area contributed by atoms with Crippen molar-refractivity contribution in [2.75, 3.05) is 29.5 Å². The van der Waals surface area contributed by atoms with E-state index in [2.05, 4.69) is 15.6 Å². The Hall–Kier alpha value is -2.09. The number of rotatable bonds is 5. The average Bonchev–Trinajstić information content (AvgIpc) is 3.18. The highest BCUT2D eigenvalue weighted by atomic mass is 32.2. The summed E-state index contributed by atoms with van der Waals surface area (Å²) in [7, 11) is -2.92. The van der Waals surface area contributed by atoms with E-state index in [1.54, 1.807) is 0 Å². The number of hydrogen-bond acceptors (Lipinski definition) is 4. The molecule has 2 aliphatic rings. The van der Waals surface area contributed by atoms with Gasteiger partial charge in [-0.25, -0.2) is 13.4 Å². The van der Waals surface area contributed by atoms with E-state index in [0.29, 0.717) is 31.9 Å². The van der Waals surface area contributed by atoms with Crippen LogP contribution in [-0.2, 0) is 21.2 Å². The van der Waals surface area contributed by atoms with Crippen LogP contribution in [0.3, 0.4) is 0 Å². The maximum absolute atomic E-state index is 11.8. The molecule has 0 aromatic heterocycles. The number of sulfone groups is 1. The SMILES string of the molecule is CCNC(=NCc1ccc(N2CCCC2=O)cc1)NC1CCS(=O)(=O)C1. The van der Waals surface area contributed by atoms with Gasteiger partial charge in [0.15, 0.2) is 15.8 Å². The lowest BCUT2D eigenvalue weighted by molar-refractivity contribution is -0.117. The van der Waals surface area contributed by atoms with Crippen LogP contribution in [0.15, 0.2) is 29.3 Å². The van der Waals surface area contributed by atoms with Gasteiger partial charge < -0.3 is 15.5 Å². The predicted octanol–water partition coefficient (Wildman–Crippen LogP) is 1.06. The summed E-state index contributed by atoms with van der Waals surface area (Å²) in [5.41, 5.74) is 1.97. The maximum atomic E-state index is 11.8. The fraction of sp³-hybridized carbons (Fsp3) is 0.556. The fourth-order valence-electron chi connectivity index (χ4n) is 3.30. The molecule has 2 saturated heterocycles. The molecule has 26 heavy (non-hydrogen) atoms. The van der Waals surface area contributed by atoms with Gasteiger partial charge >= 0.3 is 0 Å². The Morgan fingerprint density at radius 2 is 2.08 bits per heavy atom. The number of carbonyl (C=O) groups is 1. The third-order valence-electron chi connectivity index (χ3n) is 4.66. The number of amides is 1. The van der Waals surface area contributed by atoms with E-state index in [1.807, 2.05) is 36.1 Å². The first-order valence-corrected chi connectivity index (χ1v) is 10.9. The molecule has 8 heteroatoms. The second-order valence-electron chi connectivity index (χ2n) is 6.75. The van der Waals surface area contributed by atoms with E-state index >= 15 is 0 Å². The number of nitrogens with zero attached hydrogens (tertiary/aromatic N) is 2. The quantitative estimate of drug-likeness (QED) is 0.590. The van der Waals surface area contributed by atoms with Crippen LogP contribution in [0.1, 0.15) is 31.7 Å². The summed E-state index contributed by atoms with van der Waals surface area (Å²) in [5, 5.41) is 6.37. The van der Waals surface area contributed by atoms with Crippen molar-refractivity contribution in [3.05, 3.63) is 29.8 Å². The lowest BCUT2D eigenvalue weighted by atomic mass is 10.2. The highest BCUT2D eigenvalue weighted by molar-refractivity contribution is 7.91. The Morgan fingerprint density at radius 3 is 2.65 bits per heavy atom. The molecule has 2 fully saturated rings. The minimum Gasteiger partial charge on any atom is -0.357 e. The van der Waals surface area contributed by atoms with Gasteiger partial charge in [0, 0.05) is 31.2 Å². The largest absolute Gasteiger partial charge is 0.357 e. The lowest BCUT2D eigenvalue weighted by Gasteiger charge is -2.17. The number of hydrogen-bond donors (Lipinski definition) is 2. The van der Waals surface area contributed by atoms with Crippen LogP contribution < -0.4 is 15.5 Å². The van der Waals surface area contributed by atoms with Crippen molar-refractivity contribution in [3.63, 3.8) is 0 Å². The topological polar surface area (TPSA) is 90.9 Å². The van der Waals surface area contributed by atoms with Gasteiger partial charge in [0.05, 0.1) is 18.1 Å². The molecule has 2 heterocycles. The zero-order valence-corrected chi connectivity index (χ0v) is 15.9. The van der Waals surface area contributed by atoms with Gasteiger partial charge in [-0.05, 0) is 37.5 Å². The van der Waals surface area contributed by atoms with Crippen LogP contribution in [0.2, 0.25) is 0 Å². The summed E-state index contributed by atoms with van der Waals surface area (Å²) < 4.78 is 23.2. The smallest absolute Gasteiger partial charge is 0.227 e. The van der Waals surface area contributed by atoms with E-state index in [9.17, 15) is 13.2 Å². The fourth-order valence-corrected chi connectivity index (χ4v) is 4.97. The number of anilines is 1. The van der Waals surface area contributed by atoms with Crippen molar-refractivity contribution in [1.82, 2.24) is 10.6 Å². The van der Waals surface area contributed by atoms with E-state index in [1.165, 1.54) is 0 Å². The van der Waals surface area contributed by atoms with Crippen molar-refractivity contribution in [1.29, 1.82) is 0 Å². The van der Waals surface area contributed by atoms with E-state index in [4.69, 9.17) is 0 Å². The molecular formula is C18H26N4O3S. The van der Waals surface area contributed by atoms with E-state index in [0.717, 1.165) is 24.2 Å². The summed E-state index contributed by atoms with van der Waals surface area (Å²) in [5.74, 6) is 1.21. The van der Waals surface area contributed by atoms with Gasteiger partial charge in [0.25, 0.3) is 0 Å². The molecule has 3 rings (SSSR count). The number of carbonyl (C=O) groups excluding carboxylic acids is 1. The molecule has 142 valence electrons. The minimum absolute atomic E-state index is 0.0821. The molecule has 0 radical (unpaired) electrons. The second kappa shape index (κ2) is 8.07. The Bertz CT molecular complexity index is 774. The first kappa shape index (κ1) is 18.7. The normalized spacial score (nSPS) is 22.7. The molecule has 0 aliphatic carbocycles. The molecule has 1 aromatic carbocycles. The highest BCUT2D eigenvalue weighted by Gasteiger charge is 2.28. The number of guanidine groups is 1. The van der Waals surface area contributed by atoms with Crippen LogP contribution in [0.5, 0.6) is 0 Å². The molecule has 2 N–H and O–H groups in total. The van der Waals surface area contributed by atoms with Crippen molar-refractivity contribution in [2.24, 2.45) is 4.99 Å². The molecule has 1 atom stereocenters. The molecule has 0 saturated carbocycles. The number of benzene rings is 1. The maximum Gasteiger partial charge on any atom is 0.227 e. The van der Waals surface area contributed by atoms with Gasteiger partial charge in [-0.15, -0.1) is 0 Å². The second-order valence-corrected chi connectivity index (χ2v) is 8.98. The highest BCUT2D eigenvalue weighted by Crippen LogP contribution is 2.21. The van der Waals surface area contributed by atoms with Crippen molar-refractivity contribution in [3.8, 4) is 0 Å². The van der Waals surface area contributed by atoms with Crippen molar-refractivity contribution >= 4 is 27.4 Å². The molecular weight excluding hydrogens is 352 g/mol. The van der Waals surface area contributed by atoms with Crippen molar-refractivity contribution in [2.45, 2.75) is 38.8 Å². The zero-order chi connectivity index (χ0) is 18.6. The first-order valence-electron chi connectivity index (χ1n) is 9.11. The van der Waals surface area contributed by atoms with Gasteiger partial charge in [-0.3, -0.25) is 4.79 Å². The Labute approximate surface area is 154 Å². The van der Waals surface area contributed by atoms with Crippen LogP contribution in [0, 0.1) is 0 Å². The monoisotopic (exact) mass is 378 g/mol. The summed E-state index contributed by atoms with van der Waals surface area (Å²) in [6.07, 6.45) is 2.16. The van der Waals surface area contributed by atoms with E-state index in [-0.39, 0.29) is 23.5 Å².